The maximum atomic E-state index is 13.1. The van der Waals surface area contributed by atoms with Crippen molar-refractivity contribution in [3.8, 4) is 0 Å². The van der Waals surface area contributed by atoms with Crippen LogP contribution in [-0.2, 0) is 23.7 Å². The Morgan fingerprint density at radius 3 is 1.67 bits per heavy atom. The van der Waals surface area contributed by atoms with Gasteiger partial charge in [-0.2, -0.15) is 0 Å². The third-order valence-corrected chi connectivity index (χ3v) is 11.1. The van der Waals surface area contributed by atoms with Gasteiger partial charge < -0.3 is 65.1 Å². The van der Waals surface area contributed by atoms with Crippen molar-refractivity contribution in [2.24, 2.45) is 0 Å². The van der Waals surface area contributed by atoms with E-state index in [1.54, 1.807) is 6.08 Å². The summed E-state index contributed by atoms with van der Waals surface area (Å²) in [6, 6.07) is -0.946. The molecule has 2 aliphatic rings. The fourth-order valence-electron chi connectivity index (χ4n) is 7.26. The molecule has 9 N–H and O–H groups in total. The largest absolute Gasteiger partial charge is 0.394 e. The Morgan fingerprint density at radius 1 is 0.587 bits per heavy atom. The first kappa shape index (κ1) is 56.6. The fraction of sp³-hybridized carbons (Fsp3) is 0.735. The van der Waals surface area contributed by atoms with Crippen LogP contribution in [0.15, 0.2) is 72.9 Å². The lowest BCUT2D eigenvalue weighted by Gasteiger charge is -2.46. The van der Waals surface area contributed by atoms with E-state index in [1.165, 1.54) is 44.9 Å². The number of hydrogen-bond donors (Lipinski definition) is 9. The van der Waals surface area contributed by atoms with Crippen molar-refractivity contribution in [3.05, 3.63) is 72.9 Å². The Bertz CT molecular complexity index is 1330. The van der Waals surface area contributed by atoms with Gasteiger partial charge in [-0.05, 0) is 57.8 Å². The smallest absolute Gasteiger partial charge is 0.220 e. The predicted molar refractivity (Wildman–Crippen MR) is 244 cm³/mol. The Labute approximate surface area is 377 Å². The first-order chi connectivity index (χ1) is 30.6. The minimum Gasteiger partial charge on any atom is -0.394 e. The lowest BCUT2D eigenvalue weighted by molar-refractivity contribution is -0.359. The number of aliphatic hydroxyl groups excluding tert-OH is 8. The van der Waals surface area contributed by atoms with Gasteiger partial charge in [-0.3, -0.25) is 4.79 Å². The molecule has 0 saturated carbocycles. The van der Waals surface area contributed by atoms with E-state index in [0.717, 1.165) is 57.8 Å². The monoisotopic (exact) mass is 894 g/mol. The number of allylic oxidation sites excluding steroid dienone is 11. The summed E-state index contributed by atoms with van der Waals surface area (Å²) < 4.78 is 22.6. The molecule has 2 fully saturated rings. The van der Waals surface area contributed by atoms with Gasteiger partial charge in [0.25, 0.3) is 0 Å². The van der Waals surface area contributed by atoms with Crippen LogP contribution in [0.5, 0.6) is 0 Å². The maximum Gasteiger partial charge on any atom is 0.220 e. The first-order valence-electron chi connectivity index (χ1n) is 23.7. The zero-order valence-corrected chi connectivity index (χ0v) is 38.0. The zero-order valence-electron chi connectivity index (χ0n) is 38.0. The Morgan fingerprint density at radius 2 is 1.10 bits per heavy atom. The summed E-state index contributed by atoms with van der Waals surface area (Å²) in [5, 5.41) is 86.5. The minimum absolute atomic E-state index is 0.199. The van der Waals surface area contributed by atoms with Crippen molar-refractivity contribution >= 4 is 5.91 Å². The Kier molecular flexibility index (Phi) is 32.0. The lowest BCUT2D eigenvalue weighted by Crippen LogP contribution is -2.65. The van der Waals surface area contributed by atoms with Crippen LogP contribution in [0.1, 0.15) is 136 Å². The van der Waals surface area contributed by atoms with E-state index in [0.29, 0.717) is 12.8 Å². The number of ether oxygens (including phenoxy) is 4. The number of rotatable bonds is 34. The summed E-state index contributed by atoms with van der Waals surface area (Å²) in [7, 11) is 0. The van der Waals surface area contributed by atoms with Gasteiger partial charge in [0.2, 0.25) is 5.91 Å². The standard InChI is InChI=1S/C49H83NO13/c1-3-5-7-9-11-13-15-17-18-19-20-21-23-25-27-29-31-33-41(54)50-37(38(53)32-30-28-26-24-22-16-14-12-10-8-6-4-2)36-60-48-46(59)44(57)47(40(35-52)62-48)63-49-45(58)43(56)42(55)39(34-51)61-49/h5,7,11,13,17-18,20-21,25,27,30,32,37-40,42-49,51-53,55-59H,3-4,6,8-10,12,14-16,19,22-24,26,28-29,31,33-36H2,1-2H3,(H,50,54)/b7-5-,13-11-,18-17-,21-20-,27-25-,32-30+. The van der Waals surface area contributed by atoms with Gasteiger partial charge in [-0.15, -0.1) is 0 Å². The molecule has 0 spiro atoms. The van der Waals surface area contributed by atoms with Crippen molar-refractivity contribution in [3.63, 3.8) is 0 Å². The molecular formula is C49H83NO13. The number of amides is 1. The number of carbonyl (C=O) groups is 1. The van der Waals surface area contributed by atoms with Crippen molar-refractivity contribution in [1.29, 1.82) is 0 Å². The van der Waals surface area contributed by atoms with Gasteiger partial charge in [0.05, 0.1) is 32.0 Å². The second-order valence-corrected chi connectivity index (χ2v) is 16.5. The fourth-order valence-corrected chi connectivity index (χ4v) is 7.26. The molecule has 2 saturated heterocycles. The topological polar surface area (TPSA) is 228 Å². The molecule has 2 rings (SSSR count). The average molecular weight is 894 g/mol. The second kappa shape index (κ2) is 35.7. The lowest BCUT2D eigenvalue weighted by atomic mass is 9.97. The molecule has 63 heavy (non-hydrogen) atoms. The summed E-state index contributed by atoms with van der Waals surface area (Å²) in [5.74, 6) is -0.301. The van der Waals surface area contributed by atoms with E-state index >= 15 is 0 Å². The van der Waals surface area contributed by atoms with Crippen LogP contribution in [0.3, 0.4) is 0 Å². The van der Waals surface area contributed by atoms with Crippen molar-refractivity contribution < 1.29 is 64.6 Å². The van der Waals surface area contributed by atoms with Gasteiger partial charge in [-0.1, -0.05) is 145 Å². The molecule has 12 atom stereocenters. The molecule has 2 heterocycles. The van der Waals surface area contributed by atoms with Crippen LogP contribution in [-0.4, -0.2) is 140 Å². The number of carbonyl (C=O) groups excluding carboxylic acids is 1. The number of aliphatic hydroxyl groups is 8. The number of nitrogens with one attached hydrogen (secondary N) is 1. The molecule has 362 valence electrons. The maximum absolute atomic E-state index is 13.1. The quantitative estimate of drug-likeness (QED) is 0.0297. The van der Waals surface area contributed by atoms with Crippen LogP contribution >= 0.6 is 0 Å². The molecule has 14 heteroatoms. The van der Waals surface area contributed by atoms with Crippen LogP contribution in [0.2, 0.25) is 0 Å². The summed E-state index contributed by atoms with van der Waals surface area (Å²) in [5.41, 5.74) is 0. The predicted octanol–water partition coefficient (Wildman–Crippen LogP) is 5.26. The SMILES string of the molecule is CC/C=C\C/C=C\C/C=C\C/C=C\C/C=C\CCCC(=O)NC(COC1OC(CO)C(OC2OC(CO)C(O)C(O)C2O)C(O)C1O)C(O)/C=C/CCCCCCCCCCCC. The van der Waals surface area contributed by atoms with E-state index in [9.17, 15) is 45.6 Å². The third-order valence-electron chi connectivity index (χ3n) is 11.1. The highest BCUT2D eigenvalue weighted by atomic mass is 16.7. The van der Waals surface area contributed by atoms with Gasteiger partial charge >= 0.3 is 0 Å². The highest BCUT2D eigenvalue weighted by molar-refractivity contribution is 5.76. The highest BCUT2D eigenvalue weighted by Crippen LogP contribution is 2.30. The van der Waals surface area contributed by atoms with Crippen molar-refractivity contribution in [2.45, 2.75) is 209 Å². The Balaban J connectivity index is 1.91. The van der Waals surface area contributed by atoms with Gasteiger partial charge in [0, 0.05) is 6.42 Å². The van der Waals surface area contributed by atoms with E-state index in [-0.39, 0.29) is 18.9 Å². The van der Waals surface area contributed by atoms with Crippen LogP contribution in [0.25, 0.3) is 0 Å². The molecule has 12 unspecified atom stereocenters. The van der Waals surface area contributed by atoms with Crippen LogP contribution < -0.4 is 5.32 Å². The number of hydrogen-bond acceptors (Lipinski definition) is 13. The van der Waals surface area contributed by atoms with Gasteiger partial charge in [-0.25, -0.2) is 0 Å². The van der Waals surface area contributed by atoms with Gasteiger partial charge in [0.1, 0.15) is 48.8 Å². The summed E-state index contributed by atoms with van der Waals surface area (Å²) in [6.45, 7) is 2.59. The molecular weight excluding hydrogens is 811 g/mol. The summed E-state index contributed by atoms with van der Waals surface area (Å²) >= 11 is 0. The number of unbranched alkanes of at least 4 members (excludes halogenated alkanes) is 11. The van der Waals surface area contributed by atoms with E-state index in [2.05, 4.69) is 73.8 Å². The molecule has 2 aliphatic heterocycles. The highest BCUT2D eigenvalue weighted by Gasteiger charge is 2.50. The zero-order chi connectivity index (χ0) is 46.1. The van der Waals surface area contributed by atoms with E-state index in [4.69, 9.17) is 18.9 Å². The molecule has 0 aromatic heterocycles. The van der Waals surface area contributed by atoms with Gasteiger partial charge in [0.15, 0.2) is 12.6 Å². The minimum atomic E-state index is -1.79. The molecule has 0 aromatic rings. The van der Waals surface area contributed by atoms with E-state index < -0.39 is 86.8 Å². The normalized spacial score (nSPS) is 28.2. The molecule has 14 nitrogen and oxygen atoms in total. The molecule has 0 bridgehead atoms. The second-order valence-electron chi connectivity index (χ2n) is 16.5. The van der Waals surface area contributed by atoms with Crippen LogP contribution in [0.4, 0.5) is 0 Å². The van der Waals surface area contributed by atoms with Crippen molar-refractivity contribution in [1.82, 2.24) is 5.32 Å². The van der Waals surface area contributed by atoms with Crippen molar-refractivity contribution in [2.75, 3.05) is 19.8 Å². The summed E-state index contributed by atoms with van der Waals surface area (Å²) in [4.78, 5) is 13.1. The van der Waals surface area contributed by atoms with E-state index in [1.807, 2.05) is 12.2 Å². The first-order valence-corrected chi connectivity index (χ1v) is 23.7. The molecule has 0 aliphatic carbocycles. The average Bonchev–Trinajstić information content (AvgIpc) is 3.28. The molecule has 1 amide bonds. The molecule has 0 radical (unpaired) electrons. The summed E-state index contributed by atoms with van der Waals surface area (Å²) in [6.07, 6.45) is 26.6. The third kappa shape index (κ3) is 23.4. The molecule has 0 aromatic carbocycles. The van der Waals surface area contributed by atoms with Crippen LogP contribution in [0, 0.1) is 0 Å². The Hall–Kier alpha value is -2.57.